The van der Waals surface area contributed by atoms with Crippen LogP contribution in [-0.4, -0.2) is 61.3 Å². The van der Waals surface area contributed by atoms with Gasteiger partial charge in [-0.1, -0.05) is 13.8 Å². The van der Waals surface area contributed by atoms with Gasteiger partial charge in [0.15, 0.2) is 0 Å². The van der Waals surface area contributed by atoms with Crippen LogP contribution in [0, 0.1) is 11.8 Å². The molecule has 0 aromatic heterocycles. The molecular formula is C14H25NO5S. The van der Waals surface area contributed by atoms with E-state index in [1.807, 2.05) is 0 Å². The first-order valence-electron chi connectivity index (χ1n) is 7.82. The average molecular weight is 319 g/mol. The molecule has 0 aromatic carbocycles. The maximum Gasteiger partial charge on any atom is 0.219 e. The standard InChI is InChI=1S/C14H25NO5S/c1-9(2)12-7-10-8-20-14(13(12)16)15(10)21(17,18)11-3-5-19-6-4-11/h9-14,16H,3-8H2,1-2H3/t10-,12-,13-,14-/m0/s1. The van der Waals surface area contributed by atoms with E-state index in [1.54, 1.807) is 0 Å². The van der Waals surface area contributed by atoms with Crippen molar-refractivity contribution >= 4 is 10.0 Å². The maximum atomic E-state index is 12.9. The van der Waals surface area contributed by atoms with E-state index >= 15 is 0 Å². The van der Waals surface area contributed by atoms with Gasteiger partial charge >= 0.3 is 0 Å². The second-order valence-electron chi connectivity index (χ2n) is 6.70. The second-order valence-corrected chi connectivity index (χ2v) is 8.82. The number of nitrogens with zero attached hydrogens (tertiary/aromatic N) is 1. The van der Waals surface area contributed by atoms with Gasteiger partial charge in [0, 0.05) is 13.2 Å². The quantitative estimate of drug-likeness (QED) is 0.822. The molecule has 3 aliphatic heterocycles. The highest BCUT2D eigenvalue weighted by Crippen LogP contribution is 2.41. The number of hydrogen-bond donors (Lipinski definition) is 1. The number of aliphatic hydroxyl groups excluding tert-OH is 1. The van der Waals surface area contributed by atoms with Crippen LogP contribution in [0.15, 0.2) is 0 Å². The highest BCUT2D eigenvalue weighted by molar-refractivity contribution is 7.89. The summed E-state index contributed by atoms with van der Waals surface area (Å²) in [6, 6.07) is -0.126. The summed E-state index contributed by atoms with van der Waals surface area (Å²) in [7, 11) is -3.43. The zero-order valence-corrected chi connectivity index (χ0v) is 13.5. The monoisotopic (exact) mass is 319 g/mol. The number of rotatable bonds is 3. The van der Waals surface area contributed by atoms with Crippen molar-refractivity contribution in [2.75, 3.05) is 19.8 Å². The Hall–Kier alpha value is -0.210. The van der Waals surface area contributed by atoms with Gasteiger partial charge < -0.3 is 14.6 Å². The molecule has 3 fully saturated rings. The number of piperidine rings is 1. The first-order valence-corrected chi connectivity index (χ1v) is 9.33. The van der Waals surface area contributed by atoms with Gasteiger partial charge in [-0.05, 0) is 31.1 Å². The number of ether oxygens (including phenoxy) is 2. The molecule has 3 saturated heterocycles. The maximum absolute atomic E-state index is 12.9. The molecule has 1 N–H and O–H groups in total. The summed E-state index contributed by atoms with van der Waals surface area (Å²) in [6.07, 6.45) is 0.296. The molecule has 21 heavy (non-hydrogen) atoms. The third kappa shape index (κ3) is 2.63. The van der Waals surface area contributed by atoms with Crippen LogP contribution in [0.3, 0.4) is 0 Å². The molecule has 0 radical (unpaired) electrons. The molecule has 0 aliphatic carbocycles. The van der Waals surface area contributed by atoms with Gasteiger partial charge in [-0.3, -0.25) is 0 Å². The summed E-state index contributed by atoms with van der Waals surface area (Å²) in [5, 5.41) is 10.1. The Labute approximate surface area is 126 Å². The third-order valence-electron chi connectivity index (χ3n) is 5.08. The predicted octanol–water partition coefficient (Wildman–Crippen LogP) is 0.559. The molecule has 0 spiro atoms. The molecule has 3 rings (SSSR count). The minimum absolute atomic E-state index is 0.101. The fourth-order valence-corrected chi connectivity index (χ4v) is 5.99. The van der Waals surface area contributed by atoms with Crippen LogP contribution in [0.4, 0.5) is 0 Å². The third-order valence-corrected chi connectivity index (χ3v) is 7.49. The largest absolute Gasteiger partial charge is 0.389 e. The molecular weight excluding hydrogens is 294 g/mol. The molecule has 6 nitrogen and oxygen atoms in total. The number of hydrogen-bond acceptors (Lipinski definition) is 5. The van der Waals surface area contributed by atoms with E-state index in [1.165, 1.54) is 4.31 Å². The van der Waals surface area contributed by atoms with Crippen molar-refractivity contribution in [3.05, 3.63) is 0 Å². The van der Waals surface area contributed by atoms with Crippen molar-refractivity contribution < 1.29 is 23.0 Å². The van der Waals surface area contributed by atoms with E-state index in [9.17, 15) is 13.5 Å². The molecule has 0 amide bonds. The lowest BCUT2D eigenvalue weighted by Crippen LogP contribution is -2.58. The zero-order valence-electron chi connectivity index (χ0n) is 12.6. The van der Waals surface area contributed by atoms with Crippen LogP contribution in [0.5, 0.6) is 0 Å². The number of aliphatic hydroxyl groups is 1. The minimum Gasteiger partial charge on any atom is -0.389 e. The molecule has 4 atom stereocenters. The van der Waals surface area contributed by atoms with Crippen molar-refractivity contribution in [3.63, 3.8) is 0 Å². The molecule has 3 heterocycles. The Morgan fingerprint density at radius 1 is 1.24 bits per heavy atom. The van der Waals surface area contributed by atoms with Gasteiger partial charge in [-0.25, -0.2) is 8.42 Å². The average Bonchev–Trinajstić information content (AvgIpc) is 2.82. The fraction of sp³-hybridized carbons (Fsp3) is 1.00. The van der Waals surface area contributed by atoms with Gasteiger partial charge in [0.1, 0.15) is 6.23 Å². The lowest BCUT2D eigenvalue weighted by Gasteiger charge is -2.42. The summed E-state index contributed by atoms with van der Waals surface area (Å²) in [4.78, 5) is 0. The molecule has 3 aliphatic rings. The van der Waals surface area contributed by atoms with Crippen LogP contribution in [0.25, 0.3) is 0 Å². The van der Waals surface area contributed by atoms with Crippen LogP contribution in [-0.2, 0) is 19.5 Å². The van der Waals surface area contributed by atoms with E-state index in [2.05, 4.69) is 13.8 Å². The molecule has 2 bridgehead atoms. The SMILES string of the molecule is CC(C)[C@@H]1C[C@H]2CO[C@@H]([C@H]1O)N2S(=O)(=O)C1CCOCC1. The zero-order chi connectivity index (χ0) is 15.2. The Morgan fingerprint density at radius 2 is 1.90 bits per heavy atom. The fourth-order valence-electron chi connectivity index (χ4n) is 3.82. The lowest BCUT2D eigenvalue weighted by atomic mass is 9.82. The van der Waals surface area contributed by atoms with Crippen LogP contribution >= 0.6 is 0 Å². The van der Waals surface area contributed by atoms with Crippen LogP contribution in [0.2, 0.25) is 0 Å². The predicted molar refractivity (Wildman–Crippen MR) is 77.1 cm³/mol. The molecule has 0 saturated carbocycles. The topological polar surface area (TPSA) is 76.1 Å². The van der Waals surface area contributed by atoms with E-state index in [0.29, 0.717) is 45.0 Å². The van der Waals surface area contributed by atoms with Gasteiger partial charge in [-0.15, -0.1) is 0 Å². The van der Waals surface area contributed by atoms with Crippen LogP contribution < -0.4 is 0 Å². The van der Waals surface area contributed by atoms with Gasteiger partial charge in [0.05, 0.1) is 24.0 Å². The van der Waals surface area contributed by atoms with Crippen molar-refractivity contribution in [2.45, 2.75) is 56.7 Å². The van der Waals surface area contributed by atoms with Gasteiger partial charge in [0.2, 0.25) is 10.0 Å². The van der Waals surface area contributed by atoms with E-state index in [0.717, 1.165) is 0 Å². The number of fused-ring (bicyclic) bond motifs is 2. The smallest absolute Gasteiger partial charge is 0.219 e. The van der Waals surface area contributed by atoms with E-state index in [4.69, 9.17) is 9.47 Å². The summed E-state index contributed by atoms with van der Waals surface area (Å²) in [5.74, 6) is 0.420. The molecule has 7 heteroatoms. The number of sulfonamides is 1. The summed E-state index contributed by atoms with van der Waals surface area (Å²) in [6.45, 7) is 5.51. The summed E-state index contributed by atoms with van der Waals surface area (Å²) < 4.78 is 38.2. The Morgan fingerprint density at radius 3 is 2.52 bits per heavy atom. The van der Waals surface area contributed by atoms with E-state index < -0.39 is 27.6 Å². The highest BCUT2D eigenvalue weighted by Gasteiger charge is 2.54. The first kappa shape index (κ1) is 15.7. The summed E-state index contributed by atoms with van der Waals surface area (Å²) >= 11 is 0. The van der Waals surface area contributed by atoms with E-state index in [-0.39, 0.29) is 12.0 Å². The van der Waals surface area contributed by atoms with Crippen molar-refractivity contribution in [3.8, 4) is 0 Å². The highest BCUT2D eigenvalue weighted by atomic mass is 32.2. The van der Waals surface area contributed by atoms with Gasteiger partial charge in [0.25, 0.3) is 0 Å². The summed E-state index contributed by atoms with van der Waals surface area (Å²) in [5.41, 5.74) is 0. The second kappa shape index (κ2) is 5.77. The van der Waals surface area contributed by atoms with Crippen molar-refractivity contribution in [1.29, 1.82) is 0 Å². The Balaban J connectivity index is 1.83. The lowest BCUT2D eigenvalue weighted by molar-refractivity contribution is -0.0882. The minimum atomic E-state index is -3.43. The Kier molecular flexibility index (Phi) is 4.31. The van der Waals surface area contributed by atoms with Gasteiger partial charge in [-0.2, -0.15) is 4.31 Å². The molecule has 0 aromatic rings. The van der Waals surface area contributed by atoms with Crippen LogP contribution in [0.1, 0.15) is 33.1 Å². The molecule has 122 valence electrons. The van der Waals surface area contributed by atoms with Crippen molar-refractivity contribution in [1.82, 2.24) is 4.31 Å². The molecule has 0 unspecified atom stereocenters. The Bertz CT molecular complexity index is 474. The normalized spacial score (nSPS) is 39.0. The van der Waals surface area contributed by atoms with Crippen molar-refractivity contribution in [2.24, 2.45) is 11.8 Å². The first-order chi connectivity index (χ1) is 9.93.